The van der Waals surface area contributed by atoms with E-state index >= 15 is 0 Å². The van der Waals surface area contributed by atoms with Gasteiger partial charge in [-0.2, -0.15) is 0 Å². The van der Waals surface area contributed by atoms with Crippen LogP contribution in [0.2, 0.25) is 0 Å². The summed E-state index contributed by atoms with van der Waals surface area (Å²) in [5, 5.41) is 19.7. The molecule has 0 aliphatic heterocycles. The molecule has 0 saturated carbocycles. The van der Waals surface area contributed by atoms with E-state index in [1.165, 1.54) is 0 Å². The van der Waals surface area contributed by atoms with E-state index in [2.05, 4.69) is 13.8 Å². The molecular formula is C21H40O4. The number of carboxylic acids is 2. The van der Waals surface area contributed by atoms with E-state index in [4.69, 9.17) is 0 Å². The number of carboxylic acid groups (broad SMARTS) is 2. The maximum absolute atomic E-state index is 12.0. The molecule has 2 N–H and O–H groups in total. The lowest BCUT2D eigenvalue weighted by Crippen LogP contribution is -2.34. The van der Waals surface area contributed by atoms with E-state index in [1.54, 1.807) is 0 Å². The molecule has 0 saturated heterocycles. The highest BCUT2D eigenvalue weighted by Gasteiger charge is 2.40. The maximum Gasteiger partial charge on any atom is 0.309 e. The molecule has 0 heterocycles. The summed E-state index contributed by atoms with van der Waals surface area (Å²) in [6, 6.07) is 0. The van der Waals surface area contributed by atoms with Gasteiger partial charge in [0.25, 0.3) is 0 Å². The van der Waals surface area contributed by atoms with Crippen LogP contribution in [0.1, 0.15) is 111 Å². The van der Waals surface area contributed by atoms with Crippen LogP contribution in [0.25, 0.3) is 0 Å². The Hall–Kier alpha value is -1.06. The Bertz CT molecular complexity index is 357. The quantitative estimate of drug-likeness (QED) is 0.341. The number of rotatable bonds is 16. The molecule has 25 heavy (non-hydrogen) atoms. The van der Waals surface area contributed by atoms with Gasteiger partial charge in [0, 0.05) is 0 Å². The third-order valence-electron chi connectivity index (χ3n) is 5.69. The van der Waals surface area contributed by atoms with Crippen molar-refractivity contribution in [2.75, 3.05) is 0 Å². The smallest absolute Gasteiger partial charge is 0.309 e. The van der Waals surface area contributed by atoms with Gasteiger partial charge in [-0.25, -0.2) is 0 Å². The minimum atomic E-state index is -0.701. The molecule has 0 aliphatic rings. The zero-order valence-electron chi connectivity index (χ0n) is 16.9. The van der Waals surface area contributed by atoms with Crippen molar-refractivity contribution in [3.8, 4) is 0 Å². The molecule has 0 rings (SSSR count). The normalized spacial score (nSPS) is 16.2. The summed E-state index contributed by atoms with van der Waals surface area (Å²) in [6.45, 7) is 8.23. The van der Waals surface area contributed by atoms with Crippen LogP contribution in [0, 0.1) is 10.8 Å². The largest absolute Gasteiger partial charge is 0.481 e. The molecule has 0 aliphatic carbocycles. The predicted molar refractivity (Wildman–Crippen MR) is 103 cm³/mol. The highest BCUT2D eigenvalue weighted by molar-refractivity contribution is 5.75. The zero-order chi connectivity index (χ0) is 19.3. The number of aliphatic carboxylic acids is 2. The summed E-state index contributed by atoms with van der Waals surface area (Å²) in [4.78, 5) is 24.0. The molecule has 0 radical (unpaired) electrons. The summed E-state index contributed by atoms with van der Waals surface area (Å²) in [5.74, 6) is -1.40. The third kappa shape index (κ3) is 7.37. The van der Waals surface area contributed by atoms with Crippen molar-refractivity contribution in [1.29, 1.82) is 0 Å². The van der Waals surface area contributed by atoms with Crippen LogP contribution < -0.4 is 0 Å². The number of carbonyl (C=O) groups is 2. The fourth-order valence-electron chi connectivity index (χ4n) is 4.14. The van der Waals surface area contributed by atoms with Crippen LogP contribution in [0.4, 0.5) is 0 Å². The van der Waals surface area contributed by atoms with Gasteiger partial charge in [0.2, 0.25) is 0 Å². The lowest BCUT2D eigenvalue weighted by Gasteiger charge is -2.33. The van der Waals surface area contributed by atoms with E-state index < -0.39 is 22.8 Å². The minimum Gasteiger partial charge on any atom is -0.481 e. The van der Waals surface area contributed by atoms with Crippen LogP contribution in [0.15, 0.2) is 0 Å². The summed E-state index contributed by atoms with van der Waals surface area (Å²) in [5.41, 5.74) is -1.35. The van der Waals surface area contributed by atoms with Gasteiger partial charge in [-0.3, -0.25) is 9.59 Å². The molecule has 0 amide bonds. The van der Waals surface area contributed by atoms with E-state index in [9.17, 15) is 19.8 Å². The van der Waals surface area contributed by atoms with Gasteiger partial charge in [-0.05, 0) is 38.5 Å². The molecule has 2 atom stereocenters. The Morgan fingerprint density at radius 3 is 1.12 bits per heavy atom. The lowest BCUT2D eigenvalue weighted by molar-refractivity contribution is -0.151. The van der Waals surface area contributed by atoms with Crippen molar-refractivity contribution < 1.29 is 19.8 Å². The zero-order valence-corrected chi connectivity index (χ0v) is 16.9. The topological polar surface area (TPSA) is 74.6 Å². The van der Waals surface area contributed by atoms with Gasteiger partial charge in [0.05, 0.1) is 10.8 Å². The van der Waals surface area contributed by atoms with Crippen LogP contribution >= 0.6 is 0 Å². The van der Waals surface area contributed by atoms with Gasteiger partial charge in [-0.15, -0.1) is 0 Å². The molecule has 0 aromatic carbocycles. The molecule has 0 aromatic heterocycles. The van der Waals surface area contributed by atoms with Crippen LogP contribution in [0.3, 0.4) is 0 Å². The number of unbranched alkanes of at least 4 members (excludes halogenated alkanes) is 2. The Kier molecular flexibility index (Phi) is 11.8. The van der Waals surface area contributed by atoms with Crippen LogP contribution in [-0.4, -0.2) is 22.2 Å². The third-order valence-corrected chi connectivity index (χ3v) is 5.69. The van der Waals surface area contributed by atoms with Gasteiger partial charge >= 0.3 is 11.9 Å². The van der Waals surface area contributed by atoms with E-state index in [0.717, 1.165) is 38.5 Å². The molecular weight excluding hydrogens is 316 g/mol. The molecule has 4 heteroatoms. The Labute approximate surface area is 154 Å². The van der Waals surface area contributed by atoms with E-state index in [-0.39, 0.29) is 0 Å². The fraction of sp³-hybridized carbons (Fsp3) is 0.905. The molecule has 0 spiro atoms. The SMILES string of the molecule is CCCCC(CCC)(CCCC(CCC)(CCCC)C(=O)O)C(=O)O. The van der Waals surface area contributed by atoms with Gasteiger partial charge < -0.3 is 10.2 Å². The highest BCUT2D eigenvalue weighted by atomic mass is 16.4. The van der Waals surface area contributed by atoms with Crippen molar-refractivity contribution in [2.45, 2.75) is 111 Å². The molecule has 4 nitrogen and oxygen atoms in total. The van der Waals surface area contributed by atoms with Gasteiger partial charge in [0.15, 0.2) is 0 Å². The highest BCUT2D eigenvalue weighted by Crippen LogP contribution is 2.41. The molecule has 2 unspecified atom stereocenters. The second-order valence-electron chi connectivity index (χ2n) is 7.73. The molecule has 0 bridgehead atoms. The van der Waals surface area contributed by atoms with Crippen molar-refractivity contribution >= 4 is 11.9 Å². The van der Waals surface area contributed by atoms with Crippen molar-refractivity contribution in [1.82, 2.24) is 0 Å². The van der Waals surface area contributed by atoms with E-state index in [0.29, 0.717) is 44.9 Å². The predicted octanol–water partition coefficient (Wildman–Crippen LogP) is 6.28. The number of hydrogen-bond acceptors (Lipinski definition) is 2. The first-order valence-corrected chi connectivity index (χ1v) is 10.3. The first-order valence-electron chi connectivity index (χ1n) is 10.3. The van der Waals surface area contributed by atoms with Crippen molar-refractivity contribution in [3.63, 3.8) is 0 Å². The summed E-state index contributed by atoms with van der Waals surface area (Å²) in [6.07, 6.45) is 10.2. The summed E-state index contributed by atoms with van der Waals surface area (Å²) >= 11 is 0. The van der Waals surface area contributed by atoms with Gasteiger partial charge in [-0.1, -0.05) is 72.6 Å². The lowest BCUT2D eigenvalue weighted by atomic mass is 9.70. The fourth-order valence-corrected chi connectivity index (χ4v) is 4.14. The van der Waals surface area contributed by atoms with Crippen molar-refractivity contribution in [2.24, 2.45) is 10.8 Å². The summed E-state index contributed by atoms with van der Waals surface area (Å²) < 4.78 is 0. The van der Waals surface area contributed by atoms with Crippen molar-refractivity contribution in [3.05, 3.63) is 0 Å². The van der Waals surface area contributed by atoms with Gasteiger partial charge in [0.1, 0.15) is 0 Å². The van der Waals surface area contributed by atoms with Crippen LogP contribution in [0.5, 0.6) is 0 Å². The number of hydrogen-bond donors (Lipinski definition) is 2. The average molecular weight is 357 g/mol. The Balaban J connectivity index is 5.14. The minimum absolute atomic E-state index is 0.598. The molecule has 0 fully saturated rings. The van der Waals surface area contributed by atoms with E-state index in [1.807, 2.05) is 13.8 Å². The van der Waals surface area contributed by atoms with Crippen LogP contribution in [-0.2, 0) is 9.59 Å². The summed E-state index contributed by atoms with van der Waals surface area (Å²) in [7, 11) is 0. The average Bonchev–Trinajstić information content (AvgIpc) is 2.57. The maximum atomic E-state index is 12.0. The monoisotopic (exact) mass is 356 g/mol. The standard InChI is InChI=1S/C21H40O4/c1-5-9-14-20(12-7-3,18(22)23)16-11-17-21(13-8-4,19(24)25)15-10-6-2/h5-17H2,1-4H3,(H,22,23)(H,24,25). The Morgan fingerprint density at radius 1 is 0.560 bits per heavy atom. The second-order valence-corrected chi connectivity index (χ2v) is 7.73. The Morgan fingerprint density at radius 2 is 0.880 bits per heavy atom. The molecule has 0 aromatic rings. The first kappa shape index (κ1) is 23.9. The first-order chi connectivity index (χ1) is 11.8. The second kappa shape index (κ2) is 12.3. The molecule has 148 valence electrons.